The Morgan fingerprint density at radius 3 is 2.84 bits per heavy atom. The first-order valence-electron chi connectivity index (χ1n) is 7.46. The van der Waals surface area contributed by atoms with Crippen LogP contribution in [0.15, 0.2) is 11.6 Å². The predicted octanol–water partition coefficient (Wildman–Crippen LogP) is 2.00. The van der Waals surface area contributed by atoms with Gasteiger partial charge in [0.1, 0.15) is 6.04 Å². The quantitative estimate of drug-likeness (QED) is 0.790. The molecule has 0 aromatic heterocycles. The number of allylic oxidation sites excluding steroid dienone is 1. The lowest BCUT2D eigenvalue weighted by molar-refractivity contribution is -0.133. The summed E-state index contributed by atoms with van der Waals surface area (Å²) >= 11 is 0. The SMILES string of the molecule is CCC1NC(=O)CCN(CCC2=CCCCC2)C1=O. The van der Waals surface area contributed by atoms with E-state index in [1.165, 1.54) is 31.3 Å². The van der Waals surface area contributed by atoms with Crippen LogP contribution in [0.2, 0.25) is 0 Å². The molecule has 1 unspecified atom stereocenters. The molecule has 4 heteroatoms. The second-order valence-corrected chi connectivity index (χ2v) is 5.46. The first kappa shape index (κ1) is 14.1. The van der Waals surface area contributed by atoms with E-state index in [1.54, 1.807) is 0 Å². The Bertz CT molecular complexity index is 376. The van der Waals surface area contributed by atoms with Gasteiger partial charge in [-0.1, -0.05) is 18.6 Å². The summed E-state index contributed by atoms with van der Waals surface area (Å²) in [6.07, 6.45) is 9.32. The van der Waals surface area contributed by atoms with Crippen LogP contribution >= 0.6 is 0 Å². The van der Waals surface area contributed by atoms with Crippen molar-refractivity contribution in [2.75, 3.05) is 13.1 Å². The molecule has 1 saturated heterocycles. The summed E-state index contributed by atoms with van der Waals surface area (Å²) < 4.78 is 0. The van der Waals surface area contributed by atoms with Crippen molar-refractivity contribution < 1.29 is 9.59 Å². The Labute approximate surface area is 115 Å². The molecule has 106 valence electrons. The highest BCUT2D eigenvalue weighted by molar-refractivity contribution is 5.89. The van der Waals surface area contributed by atoms with E-state index in [0.29, 0.717) is 19.4 Å². The highest BCUT2D eigenvalue weighted by atomic mass is 16.2. The Morgan fingerprint density at radius 2 is 2.16 bits per heavy atom. The molecular weight excluding hydrogens is 240 g/mol. The van der Waals surface area contributed by atoms with Gasteiger partial charge in [0, 0.05) is 19.5 Å². The molecule has 2 amide bonds. The predicted molar refractivity (Wildman–Crippen MR) is 74.6 cm³/mol. The van der Waals surface area contributed by atoms with Crippen molar-refractivity contribution in [2.24, 2.45) is 0 Å². The van der Waals surface area contributed by atoms with Gasteiger partial charge in [0.25, 0.3) is 0 Å². The highest BCUT2D eigenvalue weighted by Crippen LogP contribution is 2.20. The maximum Gasteiger partial charge on any atom is 0.245 e. The average Bonchev–Trinajstić information content (AvgIpc) is 2.58. The van der Waals surface area contributed by atoms with Crippen molar-refractivity contribution in [3.63, 3.8) is 0 Å². The van der Waals surface area contributed by atoms with Gasteiger partial charge in [-0.3, -0.25) is 9.59 Å². The number of nitrogens with zero attached hydrogens (tertiary/aromatic N) is 1. The van der Waals surface area contributed by atoms with Gasteiger partial charge in [0.2, 0.25) is 11.8 Å². The van der Waals surface area contributed by atoms with Gasteiger partial charge in [-0.25, -0.2) is 0 Å². The lowest BCUT2D eigenvalue weighted by Crippen LogP contribution is -2.44. The van der Waals surface area contributed by atoms with E-state index < -0.39 is 0 Å². The molecule has 19 heavy (non-hydrogen) atoms. The second kappa shape index (κ2) is 6.73. The lowest BCUT2D eigenvalue weighted by atomic mass is 9.97. The van der Waals surface area contributed by atoms with E-state index in [4.69, 9.17) is 0 Å². The number of amides is 2. The number of carbonyl (C=O) groups excluding carboxylic acids is 2. The number of nitrogens with one attached hydrogen (secondary N) is 1. The van der Waals surface area contributed by atoms with Crippen LogP contribution in [0, 0.1) is 0 Å². The molecule has 1 N–H and O–H groups in total. The van der Waals surface area contributed by atoms with Gasteiger partial charge in [-0.15, -0.1) is 0 Å². The van der Waals surface area contributed by atoms with Gasteiger partial charge >= 0.3 is 0 Å². The summed E-state index contributed by atoms with van der Waals surface area (Å²) in [7, 11) is 0. The molecule has 2 aliphatic rings. The third-order valence-electron chi connectivity index (χ3n) is 4.05. The summed E-state index contributed by atoms with van der Waals surface area (Å²) in [6, 6.07) is -0.324. The van der Waals surface area contributed by atoms with Gasteiger partial charge < -0.3 is 10.2 Å². The van der Waals surface area contributed by atoms with E-state index in [9.17, 15) is 9.59 Å². The topological polar surface area (TPSA) is 49.4 Å². The zero-order chi connectivity index (χ0) is 13.7. The second-order valence-electron chi connectivity index (χ2n) is 5.46. The van der Waals surface area contributed by atoms with Crippen LogP contribution in [-0.4, -0.2) is 35.8 Å². The molecule has 2 rings (SSSR count). The third kappa shape index (κ3) is 3.82. The molecule has 1 aliphatic carbocycles. The summed E-state index contributed by atoms with van der Waals surface area (Å²) in [6.45, 7) is 3.26. The monoisotopic (exact) mass is 264 g/mol. The molecule has 0 radical (unpaired) electrons. The molecule has 1 atom stereocenters. The van der Waals surface area contributed by atoms with Gasteiger partial charge in [-0.2, -0.15) is 0 Å². The van der Waals surface area contributed by atoms with Crippen LogP contribution in [0.4, 0.5) is 0 Å². The van der Waals surface area contributed by atoms with Crippen molar-refractivity contribution in [1.29, 1.82) is 0 Å². The van der Waals surface area contributed by atoms with Crippen LogP contribution in [0.3, 0.4) is 0 Å². The fraction of sp³-hybridized carbons (Fsp3) is 0.733. The van der Waals surface area contributed by atoms with Gasteiger partial charge in [-0.05, 0) is 38.5 Å². The van der Waals surface area contributed by atoms with E-state index in [1.807, 2.05) is 11.8 Å². The van der Waals surface area contributed by atoms with Crippen molar-refractivity contribution in [2.45, 2.75) is 57.9 Å². The van der Waals surface area contributed by atoms with Crippen LogP contribution in [-0.2, 0) is 9.59 Å². The third-order valence-corrected chi connectivity index (χ3v) is 4.05. The van der Waals surface area contributed by atoms with Crippen molar-refractivity contribution in [3.8, 4) is 0 Å². The maximum atomic E-state index is 12.3. The largest absolute Gasteiger partial charge is 0.344 e. The van der Waals surface area contributed by atoms with Crippen molar-refractivity contribution in [3.05, 3.63) is 11.6 Å². The minimum Gasteiger partial charge on any atom is -0.344 e. The zero-order valence-corrected chi connectivity index (χ0v) is 11.8. The van der Waals surface area contributed by atoms with Crippen LogP contribution in [0.5, 0.6) is 0 Å². The Hall–Kier alpha value is -1.32. The Balaban J connectivity index is 1.92. The molecule has 0 saturated carbocycles. The van der Waals surface area contributed by atoms with E-state index in [2.05, 4.69) is 11.4 Å². The number of carbonyl (C=O) groups is 2. The van der Waals surface area contributed by atoms with Gasteiger partial charge in [0.05, 0.1) is 0 Å². The molecule has 1 aliphatic heterocycles. The fourth-order valence-electron chi connectivity index (χ4n) is 2.80. The van der Waals surface area contributed by atoms with Crippen LogP contribution in [0.1, 0.15) is 51.9 Å². The smallest absolute Gasteiger partial charge is 0.245 e. The molecule has 0 spiro atoms. The van der Waals surface area contributed by atoms with Crippen molar-refractivity contribution >= 4 is 11.8 Å². The van der Waals surface area contributed by atoms with E-state index >= 15 is 0 Å². The zero-order valence-electron chi connectivity index (χ0n) is 11.8. The van der Waals surface area contributed by atoms with E-state index in [-0.39, 0.29) is 17.9 Å². The van der Waals surface area contributed by atoms with Gasteiger partial charge in [0.15, 0.2) is 0 Å². The molecule has 1 heterocycles. The maximum absolute atomic E-state index is 12.3. The number of hydrogen-bond acceptors (Lipinski definition) is 2. The van der Waals surface area contributed by atoms with Crippen LogP contribution < -0.4 is 5.32 Å². The standard InChI is InChI=1S/C15H24N2O2/c1-2-13-15(19)17(11-9-14(18)16-13)10-8-12-6-4-3-5-7-12/h6,13H,2-5,7-11H2,1H3,(H,16,18). The number of rotatable bonds is 4. The molecular formula is C15H24N2O2. The van der Waals surface area contributed by atoms with Crippen LogP contribution in [0.25, 0.3) is 0 Å². The minimum atomic E-state index is -0.324. The molecule has 0 aromatic rings. The lowest BCUT2D eigenvalue weighted by Gasteiger charge is -2.24. The molecule has 1 fully saturated rings. The normalized spacial score (nSPS) is 24.8. The fourth-order valence-corrected chi connectivity index (χ4v) is 2.80. The highest BCUT2D eigenvalue weighted by Gasteiger charge is 2.28. The Morgan fingerprint density at radius 1 is 1.32 bits per heavy atom. The summed E-state index contributed by atoms with van der Waals surface area (Å²) in [4.78, 5) is 25.7. The number of hydrogen-bond donors (Lipinski definition) is 1. The molecule has 0 bridgehead atoms. The van der Waals surface area contributed by atoms with E-state index in [0.717, 1.165) is 13.0 Å². The first-order chi connectivity index (χ1) is 9.20. The minimum absolute atomic E-state index is 0.000387. The van der Waals surface area contributed by atoms with Crippen molar-refractivity contribution in [1.82, 2.24) is 10.2 Å². The average molecular weight is 264 g/mol. The first-order valence-corrected chi connectivity index (χ1v) is 7.46. The molecule has 4 nitrogen and oxygen atoms in total. The summed E-state index contributed by atoms with van der Waals surface area (Å²) in [5, 5.41) is 2.80. The Kier molecular flexibility index (Phi) is 5.00. The molecule has 0 aromatic carbocycles. The summed E-state index contributed by atoms with van der Waals surface area (Å²) in [5.41, 5.74) is 1.48. The summed E-state index contributed by atoms with van der Waals surface area (Å²) in [5.74, 6) is 0.0874.